The number of carbonyl (C=O) groups is 2. The van der Waals surface area contributed by atoms with Gasteiger partial charge in [-0.3, -0.25) is 4.79 Å². The van der Waals surface area contributed by atoms with E-state index in [1.807, 2.05) is 19.1 Å². The first-order chi connectivity index (χ1) is 15.7. The van der Waals surface area contributed by atoms with E-state index in [-0.39, 0.29) is 5.91 Å². The number of hydrogen-bond acceptors (Lipinski definition) is 6. The Morgan fingerprint density at radius 2 is 1.64 bits per heavy atom. The van der Waals surface area contributed by atoms with Gasteiger partial charge >= 0.3 is 5.97 Å². The average Bonchev–Trinajstić information content (AvgIpc) is 3.20. The monoisotopic (exact) mass is 466 g/mol. The SMILES string of the molecule is CCOC(=O)C(C)(C)Oc1ccc(CNC(=O)c2nc(C)c(-c3ccc(CC)cc3)s2)cc1. The Morgan fingerprint density at radius 1 is 1.00 bits per heavy atom. The summed E-state index contributed by atoms with van der Waals surface area (Å²) < 4.78 is 10.8. The number of benzene rings is 2. The number of esters is 1. The maximum Gasteiger partial charge on any atom is 0.349 e. The summed E-state index contributed by atoms with van der Waals surface area (Å²) in [5, 5.41) is 3.37. The Morgan fingerprint density at radius 3 is 2.24 bits per heavy atom. The fourth-order valence-electron chi connectivity index (χ4n) is 3.23. The van der Waals surface area contributed by atoms with Gasteiger partial charge in [-0.2, -0.15) is 0 Å². The summed E-state index contributed by atoms with van der Waals surface area (Å²) in [5.74, 6) is -0.0681. The van der Waals surface area contributed by atoms with Crippen molar-refractivity contribution in [3.8, 4) is 16.2 Å². The molecule has 0 fully saturated rings. The zero-order valence-corrected chi connectivity index (χ0v) is 20.5. The van der Waals surface area contributed by atoms with Crippen molar-refractivity contribution >= 4 is 23.2 Å². The maximum absolute atomic E-state index is 12.7. The number of aromatic nitrogens is 1. The number of nitrogens with zero attached hydrogens (tertiary/aromatic N) is 1. The van der Waals surface area contributed by atoms with Crippen LogP contribution in [0.3, 0.4) is 0 Å². The Kier molecular flexibility index (Phi) is 7.87. The van der Waals surface area contributed by atoms with Crippen LogP contribution in [0.15, 0.2) is 48.5 Å². The molecule has 0 saturated carbocycles. The van der Waals surface area contributed by atoms with Gasteiger partial charge in [0, 0.05) is 6.54 Å². The molecule has 1 N–H and O–H groups in total. The van der Waals surface area contributed by atoms with Gasteiger partial charge in [-0.1, -0.05) is 43.3 Å². The molecule has 1 amide bonds. The third-order valence-electron chi connectivity index (χ3n) is 5.13. The highest BCUT2D eigenvalue weighted by molar-refractivity contribution is 7.17. The fourth-order valence-corrected chi connectivity index (χ4v) is 4.22. The third kappa shape index (κ3) is 6.20. The number of thiazole rings is 1. The molecule has 0 saturated heterocycles. The molecular formula is C26H30N2O4S. The van der Waals surface area contributed by atoms with Crippen LogP contribution < -0.4 is 10.1 Å². The van der Waals surface area contributed by atoms with Crippen molar-refractivity contribution in [2.75, 3.05) is 6.61 Å². The van der Waals surface area contributed by atoms with Crippen molar-refractivity contribution in [2.24, 2.45) is 0 Å². The topological polar surface area (TPSA) is 77.5 Å². The molecule has 1 aromatic heterocycles. The standard InChI is InChI=1S/C26H30N2O4S/c1-6-18-8-12-20(13-9-18)22-17(3)28-24(33-22)23(29)27-16-19-10-14-21(15-11-19)32-26(4,5)25(30)31-7-2/h8-15H,6-7,16H2,1-5H3,(H,27,29). The summed E-state index contributed by atoms with van der Waals surface area (Å²) in [7, 11) is 0. The molecule has 0 aliphatic rings. The molecular weight excluding hydrogens is 436 g/mol. The van der Waals surface area contributed by atoms with Crippen LogP contribution in [0, 0.1) is 6.92 Å². The van der Waals surface area contributed by atoms with E-state index < -0.39 is 11.6 Å². The van der Waals surface area contributed by atoms with Crippen LogP contribution in [-0.2, 0) is 22.5 Å². The lowest BCUT2D eigenvalue weighted by Gasteiger charge is -2.24. The molecule has 0 bridgehead atoms. The van der Waals surface area contributed by atoms with E-state index in [2.05, 4.69) is 41.5 Å². The van der Waals surface area contributed by atoms with Crippen molar-refractivity contribution in [2.45, 2.75) is 53.2 Å². The quantitative estimate of drug-likeness (QED) is 0.431. The van der Waals surface area contributed by atoms with Gasteiger partial charge in [0.15, 0.2) is 10.6 Å². The van der Waals surface area contributed by atoms with Crippen LogP contribution in [0.2, 0.25) is 0 Å². The van der Waals surface area contributed by atoms with Gasteiger partial charge in [0.05, 0.1) is 17.2 Å². The molecule has 0 aliphatic heterocycles. The third-order valence-corrected chi connectivity index (χ3v) is 6.34. The second-order valence-corrected chi connectivity index (χ2v) is 9.14. The predicted molar refractivity (Wildman–Crippen MR) is 131 cm³/mol. The second-order valence-electron chi connectivity index (χ2n) is 8.14. The lowest BCUT2D eigenvalue weighted by atomic mass is 10.1. The zero-order valence-electron chi connectivity index (χ0n) is 19.7. The summed E-state index contributed by atoms with van der Waals surface area (Å²) in [4.78, 5) is 30.1. The fraction of sp³-hybridized carbons (Fsp3) is 0.346. The Labute approximate surface area is 199 Å². The van der Waals surface area contributed by atoms with Crippen LogP contribution in [0.4, 0.5) is 0 Å². The lowest BCUT2D eigenvalue weighted by molar-refractivity contribution is -0.158. The minimum absolute atomic E-state index is 0.205. The minimum atomic E-state index is -1.08. The second kappa shape index (κ2) is 10.6. The average molecular weight is 467 g/mol. The largest absolute Gasteiger partial charge is 0.476 e. The zero-order chi connectivity index (χ0) is 24.0. The van der Waals surface area contributed by atoms with E-state index in [1.54, 1.807) is 32.9 Å². The number of ether oxygens (including phenoxy) is 2. The van der Waals surface area contributed by atoms with Gasteiger partial charge in [-0.05, 0) is 62.9 Å². The van der Waals surface area contributed by atoms with E-state index in [0.717, 1.165) is 28.1 Å². The number of rotatable bonds is 9. The van der Waals surface area contributed by atoms with E-state index in [4.69, 9.17) is 9.47 Å². The number of amides is 1. The van der Waals surface area contributed by atoms with Crippen LogP contribution in [0.1, 0.15) is 54.3 Å². The molecule has 0 spiro atoms. The Bertz CT molecular complexity index is 1100. The van der Waals surface area contributed by atoms with Crippen LogP contribution >= 0.6 is 11.3 Å². The number of nitrogens with one attached hydrogen (secondary N) is 1. The minimum Gasteiger partial charge on any atom is -0.476 e. The molecule has 0 radical (unpaired) electrons. The number of hydrogen-bond donors (Lipinski definition) is 1. The molecule has 0 unspecified atom stereocenters. The smallest absolute Gasteiger partial charge is 0.349 e. The summed E-state index contributed by atoms with van der Waals surface area (Å²) in [6, 6.07) is 15.6. The van der Waals surface area contributed by atoms with Gasteiger partial charge in [0.25, 0.3) is 5.91 Å². The Hall–Kier alpha value is -3.19. The molecule has 6 nitrogen and oxygen atoms in total. The summed E-state index contributed by atoms with van der Waals surface area (Å²) >= 11 is 1.40. The lowest BCUT2D eigenvalue weighted by Crippen LogP contribution is -2.39. The van der Waals surface area contributed by atoms with Crippen molar-refractivity contribution in [3.63, 3.8) is 0 Å². The molecule has 0 atom stereocenters. The highest BCUT2D eigenvalue weighted by Crippen LogP contribution is 2.30. The summed E-state index contributed by atoms with van der Waals surface area (Å²) in [6.45, 7) is 9.81. The molecule has 0 aliphatic carbocycles. The van der Waals surface area contributed by atoms with Gasteiger partial charge in [0.1, 0.15) is 5.75 Å². The van der Waals surface area contributed by atoms with E-state index in [9.17, 15) is 9.59 Å². The molecule has 174 valence electrons. The molecule has 7 heteroatoms. The normalized spacial score (nSPS) is 11.2. The van der Waals surface area contributed by atoms with Crippen molar-refractivity contribution in [1.82, 2.24) is 10.3 Å². The predicted octanol–water partition coefficient (Wildman–Crippen LogP) is 5.33. The van der Waals surface area contributed by atoms with E-state index in [0.29, 0.717) is 23.9 Å². The highest BCUT2D eigenvalue weighted by atomic mass is 32.1. The van der Waals surface area contributed by atoms with Crippen LogP contribution in [-0.4, -0.2) is 29.1 Å². The van der Waals surface area contributed by atoms with Gasteiger partial charge in [-0.15, -0.1) is 11.3 Å². The summed E-state index contributed by atoms with van der Waals surface area (Å²) in [5.41, 5.74) is 3.03. The molecule has 3 aromatic rings. The van der Waals surface area contributed by atoms with Crippen LogP contribution in [0.5, 0.6) is 5.75 Å². The first-order valence-electron chi connectivity index (χ1n) is 11.0. The van der Waals surface area contributed by atoms with Gasteiger partial charge < -0.3 is 14.8 Å². The van der Waals surface area contributed by atoms with Crippen LogP contribution in [0.25, 0.3) is 10.4 Å². The molecule has 2 aromatic carbocycles. The molecule has 1 heterocycles. The van der Waals surface area contributed by atoms with Gasteiger partial charge in [0.2, 0.25) is 0 Å². The maximum atomic E-state index is 12.7. The molecule has 33 heavy (non-hydrogen) atoms. The summed E-state index contributed by atoms with van der Waals surface area (Å²) in [6.07, 6.45) is 0.992. The Balaban J connectivity index is 1.60. The number of carbonyl (C=O) groups excluding carboxylic acids is 2. The first-order valence-corrected chi connectivity index (χ1v) is 11.8. The molecule has 3 rings (SSSR count). The van der Waals surface area contributed by atoms with E-state index >= 15 is 0 Å². The van der Waals surface area contributed by atoms with E-state index in [1.165, 1.54) is 16.9 Å². The highest BCUT2D eigenvalue weighted by Gasteiger charge is 2.31. The number of aryl methyl sites for hydroxylation is 2. The van der Waals surface area contributed by atoms with Crippen molar-refractivity contribution < 1.29 is 19.1 Å². The van der Waals surface area contributed by atoms with Crippen molar-refractivity contribution in [1.29, 1.82) is 0 Å². The first kappa shape index (κ1) is 24.5. The van der Waals surface area contributed by atoms with Gasteiger partial charge in [-0.25, -0.2) is 9.78 Å². The van der Waals surface area contributed by atoms with Crippen molar-refractivity contribution in [3.05, 3.63) is 70.4 Å².